The van der Waals surface area contributed by atoms with E-state index in [1.165, 1.54) is 5.56 Å². The van der Waals surface area contributed by atoms with Gasteiger partial charge in [0.1, 0.15) is 0 Å². The summed E-state index contributed by atoms with van der Waals surface area (Å²) in [7, 11) is 0. The first-order valence-electron chi connectivity index (χ1n) is 6.48. The van der Waals surface area contributed by atoms with Gasteiger partial charge in [0.15, 0.2) is 0 Å². The van der Waals surface area contributed by atoms with Crippen molar-refractivity contribution in [3.8, 4) is 11.5 Å². The Morgan fingerprint density at radius 1 is 1.26 bits per heavy atom. The highest BCUT2D eigenvalue weighted by atomic mass is 16.4. The first kappa shape index (κ1) is 13.3. The van der Waals surface area contributed by atoms with E-state index in [1.807, 2.05) is 31.2 Å². The van der Waals surface area contributed by atoms with E-state index in [2.05, 4.69) is 11.9 Å². The molecule has 1 aromatic heterocycles. The smallest absolute Gasteiger partial charge is 0.373 e. The van der Waals surface area contributed by atoms with E-state index in [-0.39, 0.29) is 5.76 Å². The molecule has 1 heterocycles. The summed E-state index contributed by atoms with van der Waals surface area (Å²) in [6, 6.07) is 7.82. The fourth-order valence-corrected chi connectivity index (χ4v) is 1.93. The fourth-order valence-electron chi connectivity index (χ4n) is 1.93. The number of carbonyl (C=O) groups is 1. The fraction of sp³-hybridized carbons (Fsp3) is 0.333. The summed E-state index contributed by atoms with van der Waals surface area (Å²) >= 11 is 0. The van der Waals surface area contributed by atoms with Crippen molar-refractivity contribution in [1.29, 1.82) is 0 Å². The van der Waals surface area contributed by atoms with Crippen molar-refractivity contribution in [2.45, 2.75) is 33.1 Å². The largest absolute Gasteiger partial charge is 0.475 e. The zero-order chi connectivity index (χ0) is 13.8. The number of aryl methyl sites for hydroxylation is 2. The molecule has 0 saturated heterocycles. The quantitative estimate of drug-likeness (QED) is 0.891. The number of oxazole rings is 1. The molecule has 0 saturated carbocycles. The number of hydrogen-bond acceptors (Lipinski definition) is 3. The predicted molar refractivity (Wildman–Crippen MR) is 72.3 cm³/mol. The van der Waals surface area contributed by atoms with Crippen molar-refractivity contribution >= 4 is 5.97 Å². The standard InChI is InChI=1S/C15H17NO3/c1-3-5-12-13(15(17)18)19-14(16-12)11-8-6-10(4-2)7-9-11/h6-9H,3-5H2,1-2H3,(H,17,18). The van der Waals surface area contributed by atoms with Crippen LogP contribution in [-0.2, 0) is 12.8 Å². The Morgan fingerprint density at radius 2 is 1.95 bits per heavy atom. The van der Waals surface area contributed by atoms with E-state index < -0.39 is 5.97 Å². The molecule has 0 unspecified atom stereocenters. The van der Waals surface area contributed by atoms with Crippen LogP contribution >= 0.6 is 0 Å². The molecule has 0 radical (unpaired) electrons. The van der Waals surface area contributed by atoms with Gasteiger partial charge in [-0.3, -0.25) is 0 Å². The van der Waals surface area contributed by atoms with Gasteiger partial charge in [0.2, 0.25) is 11.7 Å². The van der Waals surface area contributed by atoms with Crippen molar-refractivity contribution < 1.29 is 14.3 Å². The first-order valence-corrected chi connectivity index (χ1v) is 6.48. The molecule has 1 N–H and O–H groups in total. The van der Waals surface area contributed by atoms with E-state index in [9.17, 15) is 4.79 Å². The molecule has 4 heteroatoms. The van der Waals surface area contributed by atoms with Gasteiger partial charge in [0.05, 0.1) is 5.69 Å². The zero-order valence-electron chi connectivity index (χ0n) is 11.1. The van der Waals surface area contributed by atoms with Gasteiger partial charge in [-0.15, -0.1) is 0 Å². The number of nitrogens with zero attached hydrogens (tertiary/aromatic N) is 1. The van der Waals surface area contributed by atoms with Gasteiger partial charge in [-0.05, 0) is 30.5 Å². The van der Waals surface area contributed by atoms with Crippen LogP contribution < -0.4 is 0 Å². The molecular formula is C15H17NO3. The molecule has 2 rings (SSSR count). The second-order valence-electron chi connectivity index (χ2n) is 4.40. The highest BCUT2D eigenvalue weighted by Crippen LogP contribution is 2.23. The molecular weight excluding hydrogens is 242 g/mol. The molecule has 0 amide bonds. The summed E-state index contributed by atoms with van der Waals surface area (Å²) in [5, 5.41) is 9.10. The van der Waals surface area contributed by atoms with Crippen LogP contribution in [0.2, 0.25) is 0 Å². The topological polar surface area (TPSA) is 63.3 Å². The average molecular weight is 259 g/mol. The summed E-state index contributed by atoms with van der Waals surface area (Å²) < 4.78 is 5.38. The average Bonchev–Trinajstić information content (AvgIpc) is 2.83. The molecule has 0 aliphatic carbocycles. The molecule has 0 aliphatic heterocycles. The lowest BCUT2D eigenvalue weighted by Gasteiger charge is -1.97. The van der Waals surface area contributed by atoms with Crippen molar-refractivity contribution in [2.24, 2.45) is 0 Å². The normalized spacial score (nSPS) is 10.6. The monoisotopic (exact) mass is 259 g/mol. The van der Waals surface area contributed by atoms with Gasteiger partial charge in [-0.2, -0.15) is 0 Å². The van der Waals surface area contributed by atoms with Crippen LogP contribution in [0.15, 0.2) is 28.7 Å². The summed E-state index contributed by atoms with van der Waals surface area (Å²) in [5.74, 6) is -0.729. The minimum Gasteiger partial charge on any atom is -0.475 e. The van der Waals surface area contributed by atoms with Crippen LogP contribution in [0.1, 0.15) is 42.1 Å². The minimum absolute atomic E-state index is 0.0450. The molecule has 100 valence electrons. The molecule has 2 aromatic rings. The number of aromatic carboxylic acids is 1. The Bertz CT molecular complexity index is 570. The summed E-state index contributed by atoms with van der Waals surface area (Å²) in [6.07, 6.45) is 2.41. The lowest BCUT2D eigenvalue weighted by atomic mass is 10.1. The Labute approximate surface area is 112 Å². The molecule has 0 spiro atoms. The molecule has 0 atom stereocenters. The van der Waals surface area contributed by atoms with Crippen LogP contribution in [0.25, 0.3) is 11.5 Å². The van der Waals surface area contributed by atoms with E-state index >= 15 is 0 Å². The summed E-state index contributed by atoms with van der Waals surface area (Å²) in [5.41, 5.74) is 2.55. The van der Waals surface area contributed by atoms with E-state index in [1.54, 1.807) is 0 Å². The maximum Gasteiger partial charge on any atom is 0.373 e. The highest BCUT2D eigenvalue weighted by molar-refractivity contribution is 5.86. The van der Waals surface area contributed by atoms with Crippen LogP contribution in [0, 0.1) is 0 Å². The summed E-state index contributed by atoms with van der Waals surface area (Å²) in [4.78, 5) is 15.4. The van der Waals surface area contributed by atoms with E-state index in [0.717, 1.165) is 18.4 Å². The number of hydrogen-bond donors (Lipinski definition) is 1. The number of aromatic nitrogens is 1. The second-order valence-corrected chi connectivity index (χ2v) is 4.40. The number of benzene rings is 1. The predicted octanol–water partition coefficient (Wildman–Crippen LogP) is 3.55. The number of carboxylic acids is 1. The van der Waals surface area contributed by atoms with Gasteiger partial charge in [0.25, 0.3) is 0 Å². The van der Waals surface area contributed by atoms with E-state index in [0.29, 0.717) is 18.0 Å². The molecule has 0 fully saturated rings. The van der Waals surface area contributed by atoms with Gasteiger partial charge >= 0.3 is 5.97 Å². The maximum absolute atomic E-state index is 11.1. The molecule has 1 aromatic carbocycles. The van der Waals surface area contributed by atoms with Crippen LogP contribution in [0.5, 0.6) is 0 Å². The maximum atomic E-state index is 11.1. The zero-order valence-corrected chi connectivity index (χ0v) is 11.1. The third kappa shape index (κ3) is 2.84. The molecule has 19 heavy (non-hydrogen) atoms. The van der Waals surface area contributed by atoms with Crippen LogP contribution in [0.4, 0.5) is 0 Å². The third-order valence-corrected chi connectivity index (χ3v) is 2.99. The van der Waals surface area contributed by atoms with Crippen LogP contribution in [0.3, 0.4) is 0 Å². The molecule has 0 bridgehead atoms. The lowest BCUT2D eigenvalue weighted by Crippen LogP contribution is -1.99. The van der Waals surface area contributed by atoms with Gasteiger partial charge in [-0.1, -0.05) is 32.4 Å². The number of rotatable bonds is 5. The Kier molecular flexibility index (Phi) is 4.00. The van der Waals surface area contributed by atoms with E-state index in [4.69, 9.17) is 9.52 Å². The van der Waals surface area contributed by atoms with Crippen molar-refractivity contribution in [3.05, 3.63) is 41.3 Å². The van der Waals surface area contributed by atoms with Crippen molar-refractivity contribution in [3.63, 3.8) is 0 Å². The SMILES string of the molecule is CCCc1nc(-c2ccc(CC)cc2)oc1C(=O)O. The van der Waals surface area contributed by atoms with Gasteiger partial charge in [0, 0.05) is 5.56 Å². The Hall–Kier alpha value is -2.10. The minimum atomic E-state index is -1.06. The highest BCUT2D eigenvalue weighted by Gasteiger charge is 2.19. The molecule has 4 nitrogen and oxygen atoms in total. The third-order valence-electron chi connectivity index (χ3n) is 2.99. The van der Waals surface area contributed by atoms with Crippen LogP contribution in [-0.4, -0.2) is 16.1 Å². The van der Waals surface area contributed by atoms with Gasteiger partial charge in [-0.25, -0.2) is 9.78 Å². The van der Waals surface area contributed by atoms with Gasteiger partial charge < -0.3 is 9.52 Å². The summed E-state index contributed by atoms with van der Waals surface area (Å²) in [6.45, 7) is 4.07. The second kappa shape index (κ2) is 5.69. The number of carboxylic acid groups (broad SMARTS) is 1. The lowest BCUT2D eigenvalue weighted by molar-refractivity contribution is 0.0661. The first-order chi connectivity index (χ1) is 9.15. The molecule has 0 aliphatic rings. The Morgan fingerprint density at radius 3 is 2.47 bits per heavy atom. The Balaban J connectivity index is 2.38. The van der Waals surface area contributed by atoms with Crippen molar-refractivity contribution in [2.75, 3.05) is 0 Å². The van der Waals surface area contributed by atoms with Crippen molar-refractivity contribution in [1.82, 2.24) is 4.98 Å².